The molecule has 100 valence electrons. The van der Waals surface area contributed by atoms with E-state index in [2.05, 4.69) is 37.2 Å². The molecule has 0 bridgehead atoms. The summed E-state index contributed by atoms with van der Waals surface area (Å²) < 4.78 is 7.14. The largest absolute Gasteiger partial charge is 0.496 e. The van der Waals surface area contributed by atoms with Gasteiger partial charge < -0.3 is 10.1 Å². The van der Waals surface area contributed by atoms with Crippen LogP contribution in [0.5, 0.6) is 5.75 Å². The van der Waals surface area contributed by atoms with Gasteiger partial charge >= 0.3 is 0 Å². The summed E-state index contributed by atoms with van der Waals surface area (Å²) in [6, 6.07) is 11.7. The monoisotopic (exact) mass is 403 g/mol. The van der Waals surface area contributed by atoms with E-state index in [0.29, 0.717) is 11.6 Å². The van der Waals surface area contributed by atoms with Crippen LogP contribution in [0.15, 0.2) is 45.3 Å². The summed E-state index contributed by atoms with van der Waals surface area (Å²) in [7, 11) is 1.65. The molecule has 0 aromatic heterocycles. The van der Waals surface area contributed by atoms with Gasteiger partial charge in [-0.3, -0.25) is 0 Å². The van der Waals surface area contributed by atoms with Crippen LogP contribution >= 0.6 is 43.5 Å². The summed E-state index contributed by atoms with van der Waals surface area (Å²) in [5, 5.41) is 4.02. The standard InChI is InChI=1S/C14H12Br2ClNO/c1-19-14-5-2-9(6-11(14)16)8-18-13-7-10(15)3-4-12(13)17/h2-7,18H,8H2,1H3. The molecule has 0 unspecified atom stereocenters. The van der Waals surface area contributed by atoms with Crippen molar-refractivity contribution in [3.8, 4) is 5.75 Å². The lowest BCUT2D eigenvalue weighted by Gasteiger charge is -2.10. The number of methoxy groups -OCH3 is 1. The Morgan fingerprint density at radius 3 is 2.63 bits per heavy atom. The minimum absolute atomic E-state index is 0.693. The van der Waals surface area contributed by atoms with Gasteiger partial charge in [0.1, 0.15) is 5.75 Å². The van der Waals surface area contributed by atoms with Crippen LogP contribution in [0.25, 0.3) is 0 Å². The molecule has 0 aliphatic rings. The molecular weight excluding hydrogens is 393 g/mol. The summed E-state index contributed by atoms with van der Waals surface area (Å²) >= 11 is 13.0. The third-order valence-electron chi connectivity index (χ3n) is 2.63. The quantitative estimate of drug-likeness (QED) is 0.727. The summed E-state index contributed by atoms with van der Waals surface area (Å²) in [4.78, 5) is 0. The van der Waals surface area contributed by atoms with Crippen LogP contribution in [-0.4, -0.2) is 7.11 Å². The molecule has 0 fully saturated rings. The van der Waals surface area contributed by atoms with Gasteiger partial charge in [-0.1, -0.05) is 33.6 Å². The molecule has 2 rings (SSSR count). The number of anilines is 1. The summed E-state index contributed by atoms with van der Waals surface area (Å²) in [5.41, 5.74) is 2.05. The molecule has 5 heteroatoms. The maximum Gasteiger partial charge on any atom is 0.133 e. The van der Waals surface area contributed by atoms with Gasteiger partial charge in [-0.05, 0) is 51.8 Å². The summed E-state index contributed by atoms with van der Waals surface area (Å²) in [6.45, 7) is 0.693. The van der Waals surface area contributed by atoms with Gasteiger partial charge in [-0.2, -0.15) is 0 Å². The molecule has 0 atom stereocenters. The predicted molar refractivity (Wildman–Crippen MR) is 87.2 cm³/mol. The average Bonchev–Trinajstić information content (AvgIpc) is 2.40. The highest BCUT2D eigenvalue weighted by atomic mass is 79.9. The molecule has 2 nitrogen and oxygen atoms in total. The molecule has 0 amide bonds. The molecule has 2 aromatic carbocycles. The molecule has 0 saturated carbocycles. The van der Waals surface area contributed by atoms with Gasteiger partial charge in [0.15, 0.2) is 0 Å². The van der Waals surface area contributed by atoms with E-state index in [-0.39, 0.29) is 0 Å². The molecule has 0 heterocycles. The van der Waals surface area contributed by atoms with Crippen molar-refractivity contribution in [2.75, 3.05) is 12.4 Å². The average molecular weight is 406 g/mol. The van der Waals surface area contributed by atoms with Gasteiger partial charge in [0.2, 0.25) is 0 Å². The minimum atomic E-state index is 0.693. The first-order valence-electron chi connectivity index (χ1n) is 5.61. The van der Waals surface area contributed by atoms with Crippen molar-refractivity contribution in [3.63, 3.8) is 0 Å². The van der Waals surface area contributed by atoms with Crippen LogP contribution in [-0.2, 0) is 6.54 Å². The number of benzene rings is 2. The first-order chi connectivity index (χ1) is 9.10. The van der Waals surface area contributed by atoms with Crippen molar-refractivity contribution in [2.45, 2.75) is 6.54 Å². The Labute approximate surface area is 134 Å². The predicted octanol–water partition coefficient (Wildman–Crippen LogP) is 5.49. The second-order valence-electron chi connectivity index (χ2n) is 3.95. The van der Waals surface area contributed by atoms with Gasteiger partial charge in [0.25, 0.3) is 0 Å². The van der Waals surface area contributed by atoms with E-state index in [1.54, 1.807) is 7.11 Å². The van der Waals surface area contributed by atoms with Crippen LogP contribution in [0.3, 0.4) is 0 Å². The van der Waals surface area contributed by atoms with Crippen LogP contribution < -0.4 is 10.1 Å². The van der Waals surface area contributed by atoms with E-state index >= 15 is 0 Å². The number of halogens is 3. The Balaban J connectivity index is 2.10. The number of hydrogen-bond donors (Lipinski definition) is 1. The third-order valence-corrected chi connectivity index (χ3v) is 4.07. The van der Waals surface area contributed by atoms with Crippen LogP contribution in [0.4, 0.5) is 5.69 Å². The Morgan fingerprint density at radius 1 is 1.16 bits per heavy atom. The third kappa shape index (κ3) is 3.88. The zero-order chi connectivity index (χ0) is 13.8. The van der Waals surface area contributed by atoms with Gasteiger partial charge in [-0.25, -0.2) is 0 Å². The lowest BCUT2D eigenvalue weighted by Crippen LogP contribution is -2.00. The van der Waals surface area contributed by atoms with E-state index in [1.807, 2.05) is 36.4 Å². The molecule has 19 heavy (non-hydrogen) atoms. The number of ether oxygens (including phenoxy) is 1. The fraction of sp³-hybridized carbons (Fsp3) is 0.143. The summed E-state index contributed by atoms with van der Waals surface area (Å²) in [6.07, 6.45) is 0. The molecule has 0 spiro atoms. The van der Waals surface area contributed by atoms with Crippen LogP contribution in [0.2, 0.25) is 5.02 Å². The minimum Gasteiger partial charge on any atom is -0.496 e. The van der Waals surface area contributed by atoms with E-state index < -0.39 is 0 Å². The van der Waals surface area contributed by atoms with Crippen molar-refractivity contribution in [1.82, 2.24) is 0 Å². The maximum atomic E-state index is 6.13. The Bertz CT molecular complexity index is 590. The lowest BCUT2D eigenvalue weighted by atomic mass is 10.2. The van der Waals surface area contributed by atoms with Crippen molar-refractivity contribution in [3.05, 3.63) is 55.9 Å². The molecule has 1 N–H and O–H groups in total. The second-order valence-corrected chi connectivity index (χ2v) is 6.12. The zero-order valence-corrected chi connectivity index (χ0v) is 14.1. The number of nitrogens with one attached hydrogen (secondary N) is 1. The Hall–Kier alpha value is -0.710. The van der Waals surface area contributed by atoms with E-state index in [0.717, 1.165) is 25.9 Å². The second kappa shape index (κ2) is 6.64. The Morgan fingerprint density at radius 2 is 1.95 bits per heavy atom. The molecule has 0 radical (unpaired) electrons. The van der Waals surface area contributed by atoms with Crippen LogP contribution in [0.1, 0.15) is 5.56 Å². The maximum absolute atomic E-state index is 6.13. The van der Waals surface area contributed by atoms with Crippen molar-refractivity contribution >= 4 is 49.1 Å². The molecule has 0 saturated heterocycles. The topological polar surface area (TPSA) is 21.3 Å². The van der Waals surface area contributed by atoms with Gasteiger partial charge in [0.05, 0.1) is 22.3 Å². The Kier molecular flexibility index (Phi) is 5.13. The highest BCUT2D eigenvalue weighted by Gasteiger charge is 2.03. The molecule has 0 aliphatic heterocycles. The summed E-state index contributed by atoms with van der Waals surface area (Å²) in [5.74, 6) is 0.823. The van der Waals surface area contributed by atoms with Gasteiger partial charge in [-0.15, -0.1) is 0 Å². The highest BCUT2D eigenvalue weighted by molar-refractivity contribution is 9.10. The fourth-order valence-corrected chi connectivity index (χ4v) is 2.78. The highest BCUT2D eigenvalue weighted by Crippen LogP contribution is 2.28. The van der Waals surface area contributed by atoms with E-state index in [4.69, 9.17) is 16.3 Å². The molecular formula is C14H12Br2ClNO. The number of rotatable bonds is 4. The lowest BCUT2D eigenvalue weighted by molar-refractivity contribution is 0.412. The zero-order valence-electron chi connectivity index (χ0n) is 10.2. The van der Waals surface area contributed by atoms with Crippen molar-refractivity contribution < 1.29 is 4.74 Å². The van der Waals surface area contributed by atoms with Crippen LogP contribution in [0, 0.1) is 0 Å². The first-order valence-corrected chi connectivity index (χ1v) is 7.58. The number of hydrogen-bond acceptors (Lipinski definition) is 2. The SMILES string of the molecule is COc1ccc(CNc2cc(Br)ccc2Cl)cc1Br. The van der Waals surface area contributed by atoms with Gasteiger partial charge in [0, 0.05) is 11.0 Å². The normalized spacial score (nSPS) is 10.3. The van der Waals surface area contributed by atoms with E-state index in [1.165, 1.54) is 0 Å². The van der Waals surface area contributed by atoms with Crippen molar-refractivity contribution in [1.29, 1.82) is 0 Å². The molecule has 0 aliphatic carbocycles. The first kappa shape index (κ1) is 14.7. The van der Waals surface area contributed by atoms with E-state index in [9.17, 15) is 0 Å². The smallest absolute Gasteiger partial charge is 0.133 e. The molecule has 2 aromatic rings. The van der Waals surface area contributed by atoms with Crippen molar-refractivity contribution in [2.24, 2.45) is 0 Å². The fourth-order valence-electron chi connectivity index (χ4n) is 1.65.